The molecule has 0 aromatic carbocycles. The van der Waals surface area contributed by atoms with Crippen LogP contribution in [-0.4, -0.2) is 36.0 Å². The number of carbonyl (C=O) groups excluding carboxylic acids is 1. The summed E-state index contributed by atoms with van der Waals surface area (Å²) in [7, 11) is 0. The number of hydrogen-bond acceptors (Lipinski definition) is 2. The van der Waals surface area contributed by atoms with Gasteiger partial charge in [-0.3, -0.25) is 9.69 Å². The lowest BCUT2D eigenvalue weighted by molar-refractivity contribution is -0.120. The molecule has 3 atom stereocenters. The highest BCUT2D eigenvalue weighted by atomic mass is 16.1. The molecule has 1 saturated carbocycles. The number of nitrogens with one attached hydrogen (secondary N) is 1. The van der Waals surface area contributed by atoms with Gasteiger partial charge in [0.2, 0.25) is 5.91 Å². The van der Waals surface area contributed by atoms with Crippen LogP contribution in [0.15, 0.2) is 0 Å². The van der Waals surface area contributed by atoms with Crippen molar-refractivity contribution in [3.05, 3.63) is 0 Å². The molecule has 3 nitrogen and oxygen atoms in total. The van der Waals surface area contributed by atoms with Crippen LogP contribution in [0.1, 0.15) is 52.9 Å². The molecule has 0 aromatic rings. The molecular formula is C15H28N2O. The standard InChI is InChI=1S/C15H28N2O/c1-4-15(13-6-5-7-13)17-9-11(2)8-14(10-17)16-12(3)18/h11,13-15H,4-10H2,1-3H3,(H,16,18). The molecule has 1 saturated heterocycles. The second-order valence-corrected chi connectivity index (χ2v) is 6.36. The zero-order valence-corrected chi connectivity index (χ0v) is 12.1. The van der Waals surface area contributed by atoms with Crippen molar-refractivity contribution < 1.29 is 4.79 Å². The first-order valence-electron chi connectivity index (χ1n) is 7.61. The molecule has 2 rings (SSSR count). The second-order valence-electron chi connectivity index (χ2n) is 6.36. The van der Waals surface area contributed by atoms with Gasteiger partial charge in [-0.2, -0.15) is 0 Å². The van der Waals surface area contributed by atoms with Crippen LogP contribution in [-0.2, 0) is 4.79 Å². The summed E-state index contributed by atoms with van der Waals surface area (Å²) in [5.74, 6) is 1.73. The topological polar surface area (TPSA) is 32.3 Å². The van der Waals surface area contributed by atoms with Gasteiger partial charge in [0, 0.05) is 32.1 Å². The third-order valence-electron chi connectivity index (χ3n) is 4.68. The molecule has 1 N–H and O–H groups in total. The fourth-order valence-corrected chi connectivity index (χ4v) is 3.77. The predicted molar refractivity (Wildman–Crippen MR) is 74.4 cm³/mol. The van der Waals surface area contributed by atoms with E-state index in [-0.39, 0.29) is 5.91 Å². The summed E-state index contributed by atoms with van der Waals surface area (Å²) >= 11 is 0. The van der Waals surface area contributed by atoms with Gasteiger partial charge in [-0.05, 0) is 37.5 Å². The van der Waals surface area contributed by atoms with Gasteiger partial charge in [0.05, 0.1) is 0 Å². The lowest BCUT2D eigenvalue weighted by Gasteiger charge is -2.46. The van der Waals surface area contributed by atoms with E-state index in [9.17, 15) is 4.79 Å². The smallest absolute Gasteiger partial charge is 0.217 e. The summed E-state index contributed by atoms with van der Waals surface area (Å²) < 4.78 is 0. The maximum atomic E-state index is 11.2. The first kappa shape index (κ1) is 13.9. The average molecular weight is 252 g/mol. The third-order valence-corrected chi connectivity index (χ3v) is 4.68. The van der Waals surface area contributed by atoms with Gasteiger partial charge in [-0.25, -0.2) is 0 Å². The predicted octanol–water partition coefficient (Wildman–Crippen LogP) is 2.41. The van der Waals surface area contributed by atoms with Crippen LogP contribution in [0, 0.1) is 11.8 Å². The Morgan fingerprint density at radius 1 is 1.39 bits per heavy atom. The monoisotopic (exact) mass is 252 g/mol. The molecule has 3 unspecified atom stereocenters. The van der Waals surface area contributed by atoms with Crippen LogP contribution in [0.4, 0.5) is 0 Å². The Hall–Kier alpha value is -0.570. The van der Waals surface area contributed by atoms with Gasteiger partial charge in [0.15, 0.2) is 0 Å². The number of amides is 1. The highest BCUT2D eigenvalue weighted by molar-refractivity contribution is 5.73. The number of hydrogen-bond donors (Lipinski definition) is 1. The average Bonchev–Trinajstić information content (AvgIpc) is 2.20. The summed E-state index contributed by atoms with van der Waals surface area (Å²) in [4.78, 5) is 13.9. The largest absolute Gasteiger partial charge is 0.352 e. The van der Waals surface area contributed by atoms with Crippen molar-refractivity contribution in [1.29, 1.82) is 0 Å². The van der Waals surface area contributed by atoms with Gasteiger partial charge in [-0.15, -0.1) is 0 Å². The van der Waals surface area contributed by atoms with Crippen molar-refractivity contribution >= 4 is 5.91 Å². The van der Waals surface area contributed by atoms with E-state index in [1.165, 1.54) is 32.2 Å². The quantitative estimate of drug-likeness (QED) is 0.833. The molecule has 0 bridgehead atoms. The zero-order valence-electron chi connectivity index (χ0n) is 12.1. The number of nitrogens with zero attached hydrogens (tertiary/aromatic N) is 1. The van der Waals surface area contributed by atoms with Crippen molar-refractivity contribution in [1.82, 2.24) is 10.2 Å². The van der Waals surface area contributed by atoms with Crippen molar-refractivity contribution in [2.45, 2.75) is 65.0 Å². The summed E-state index contributed by atoms with van der Waals surface area (Å²) in [6.07, 6.45) is 6.63. The minimum Gasteiger partial charge on any atom is -0.352 e. The zero-order chi connectivity index (χ0) is 13.1. The SMILES string of the molecule is CCC(C1CCC1)N1CC(C)CC(NC(C)=O)C1. The Kier molecular flexibility index (Phi) is 4.66. The van der Waals surface area contributed by atoms with Gasteiger partial charge in [-0.1, -0.05) is 20.3 Å². The van der Waals surface area contributed by atoms with Crippen LogP contribution in [0.3, 0.4) is 0 Å². The minimum atomic E-state index is 0.116. The first-order valence-corrected chi connectivity index (χ1v) is 7.61. The van der Waals surface area contributed by atoms with E-state index < -0.39 is 0 Å². The lowest BCUT2D eigenvalue weighted by Crippen LogP contribution is -2.55. The summed E-state index contributed by atoms with van der Waals surface area (Å²) in [5, 5.41) is 3.12. The fourth-order valence-electron chi connectivity index (χ4n) is 3.77. The molecule has 0 spiro atoms. The van der Waals surface area contributed by atoms with E-state index in [0.29, 0.717) is 12.0 Å². The number of carbonyl (C=O) groups is 1. The fraction of sp³-hybridized carbons (Fsp3) is 0.933. The Bertz CT molecular complexity index is 288. The normalized spacial score (nSPS) is 31.7. The molecule has 104 valence electrons. The molecule has 1 amide bonds. The van der Waals surface area contributed by atoms with E-state index in [0.717, 1.165) is 24.9 Å². The highest BCUT2D eigenvalue weighted by Gasteiger charge is 2.35. The van der Waals surface area contributed by atoms with E-state index in [1.807, 2.05) is 0 Å². The van der Waals surface area contributed by atoms with Crippen LogP contribution in [0.2, 0.25) is 0 Å². The van der Waals surface area contributed by atoms with E-state index in [2.05, 4.69) is 24.1 Å². The van der Waals surface area contributed by atoms with Crippen LogP contribution in [0.5, 0.6) is 0 Å². The first-order chi connectivity index (χ1) is 8.60. The second kappa shape index (κ2) is 6.05. The van der Waals surface area contributed by atoms with Gasteiger partial charge in [0.1, 0.15) is 0 Å². The molecule has 2 aliphatic rings. The van der Waals surface area contributed by atoms with E-state index in [4.69, 9.17) is 0 Å². The molecule has 2 fully saturated rings. The number of rotatable bonds is 4. The van der Waals surface area contributed by atoms with E-state index >= 15 is 0 Å². The third kappa shape index (κ3) is 3.25. The van der Waals surface area contributed by atoms with Gasteiger partial charge >= 0.3 is 0 Å². The van der Waals surface area contributed by atoms with Gasteiger partial charge in [0.25, 0.3) is 0 Å². The maximum absolute atomic E-state index is 11.2. The maximum Gasteiger partial charge on any atom is 0.217 e. The molecule has 3 heteroatoms. The number of piperidine rings is 1. The van der Waals surface area contributed by atoms with Crippen LogP contribution >= 0.6 is 0 Å². The molecule has 0 aromatic heterocycles. The summed E-state index contributed by atoms with van der Waals surface area (Å²) in [6.45, 7) is 8.53. The Balaban J connectivity index is 1.95. The number of likely N-dealkylation sites (tertiary alicyclic amines) is 1. The van der Waals surface area contributed by atoms with Crippen LogP contribution in [0.25, 0.3) is 0 Å². The van der Waals surface area contributed by atoms with Crippen molar-refractivity contribution in [3.8, 4) is 0 Å². The van der Waals surface area contributed by atoms with Gasteiger partial charge < -0.3 is 5.32 Å². The minimum absolute atomic E-state index is 0.116. The summed E-state index contributed by atoms with van der Waals surface area (Å²) in [5.41, 5.74) is 0. The van der Waals surface area contributed by atoms with E-state index in [1.54, 1.807) is 6.92 Å². The molecule has 1 aliphatic heterocycles. The molecule has 18 heavy (non-hydrogen) atoms. The molecular weight excluding hydrogens is 224 g/mol. The van der Waals surface area contributed by atoms with Crippen molar-refractivity contribution in [2.75, 3.05) is 13.1 Å². The van der Waals surface area contributed by atoms with Crippen LogP contribution < -0.4 is 5.32 Å². The molecule has 1 heterocycles. The lowest BCUT2D eigenvalue weighted by atomic mass is 9.77. The van der Waals surface area contributed by atoms with Crippen molar-refractivity contribution in [3.63, 3.8) is 0 Å². The molecule has 0 radical (unpaired) electrons. The summed E-state index contributed by atoms with van der Waals surface area (Å²) in [6, 6.07) is 1.11. The highest BCUT2D eigenvalue weighted by Crippen LogP contribution is 2.35. The Morgan fingerprint density at radius 2 is 2.11 bits per heavy atom. The van der Waals surface area contributed by atoms with Crippen molar-refractivity contribution in [2.24, 2.45) is 11.8 Å². The Morgan fingerprint density at radius 3 is 2.61 bits per heavy atom. The molecule has 1 aliphatic carbocycles. The Labute approximate surface area is 111 Å².